The Balaban J connectivity index is 3.22. The largest absolute Gasteiger partial charge is 0.573 e. The molecule has 0 aliphatic heterocycles. The van der Waals surface area contributed by atoms with Crippen LogP contribution in [0, 0.1) is 6.92 Å². The topological polar surface area (TPSA) is 26.3 Å². The Morgan fingerprint density at radius 1 is 1.41 bits per heavy atom. The third-order valence-corrected chi connectivity index (χ3v) is 3.22. The van der Waals surface area contributed by atoms with Gasteiger partial charge in [0.1, 0.15) is 16.4 Å². The molecule has 94 valence electrons. The van der Waals surface area contributed by atoms with Gasteiger partial charge in [-0.25, -0.2) is 0 Å². The zero-order chi connectivity index (χ0) is 13.2. The van der Waals surface area contributed by atoms with Gasteiger partial charge in [-0.05, 0) is 25.5 Å². The van der Waals surface area contributed by atoms with Gasteiger partial charge in [0.15, 0.2) is 0 Å². The quantitative estimate of drug-likeness (QED) is 0.791. The lowest BCUT2D eigenvalue weighted by Gasteiger charge is -2.17. The molecule has 1 rings (SSSR count). The van der Waals surface area contributed by atoms with Crippen LogP contribution in [0.25, 0.3) is 0 Å². The highest BCUT2D eigenvalue weighted by Crippen LogP contribution is 2.37. The van der Waals surface area contributed by atoms with Gasteiger partial charge in [-0.2, -0.15) is 0 Å². The predicted molar refractivity (Wildman–Crippen MR) is 60.2 cm³/mol. The molecule has 0 amide bonds. The van der Waals surface area contributed by atoms with E-state index in [-0.39, 0.29) is 17.1 Å². The van der Waals surface area contributed by atoms with E-state index >= 15 is 0 Å². The molecule has 0 aliphatic rings. The maximum Gasteiger partial charge on any atom is 0.573 e. The van der Waals surface area contributed by atoms with E-state index in [1.807, 2.05) is 0 Å². The van der Waals surface area contributed by atoms with Crippen LogP contribution < -0.4 is 4.74 Å². The molecule has 0 fully saturated rings. The van der Waals surface area contributed by atoms with Crippen LogP contribution in [-0.2, 0) is 4.79 Å². The smallest absolute Gasteiger partial charge is 0.405 e. The SMILES string of the molecule is CC(=O)C(Br)c1c(C)cccc1OC(F)(F)F. The Morgan fingerprint density at radius 2 is 2.00 bits per heavy atom. The molecule has 2 nitrogen and oxygen atoms in total. The number of carbonyl (C=O) groups excluding carboxylic acids is 1. The van der Waals surface area contributed by atoms with E-state index in [4.69, 9.17) is 0 Å². The minimum Gasteiger partial charge on any atom is -0.405 e. The van der Waals surface area contributed by atoms with Crippen molar-refractivity contribution >= 4 is 21.7 Å². The lowest BCUT2D eigenvalue weighted by Crippen LogP contribution is -2.19. The highest BCUT2D eigenvalue weighted by molar-refractivity contribution is 9.09. The summed E-state index contributed by atoms with van der Waals surface area (Å²) in [5.74, 6) is -0.638. The average Bonchev–Trinajstić information content (AvgIpc) is 2.14. The third kappa shape index (κ3) is 3.73. The van der Waals surface area contributed by atoms with Crippen molar-refractivity contribution < 1.29 is 22.7 Å². The number of hydrogen-bond donors (Lipinski definition) is 0. The van der Waals surface area contributed by atoms with Crippen LogP contribution in [0.2, 0.25) is 0 Å². The summed E-state index contributed by atoms with van der Waals surface area (Å²) in [5.41, 5.74) is 0.765. The molecule has 0 aliphatic carbocycles. The molecule has 0 spiro atoms. The number of aryl methyl sites for hydroxylation is 1. The Bertz CT molecular complexity index is 429. The van der Waals surface area contributed by atoms with Crippen molar-refractivity contribution in [1.29, 1.82) is 0 Å². The first-order chi connectivity index (χ1) is 7.72. The zero-order valence-electron chi connectivity index (χ0n) is 9.14. The first kappa shape index (κ1) is 14.0. The van der Waals surface area contributed by atoms with E-state index in [1.54, 1.807) is 13.0 Å². The molecular formula is C11H10BrF3O2. The van der Waals surface area contributed by atoms with Crippen LogP contribution in [0.3, 0.4) is 0 Å². The number of hydrogen-bond acceptors (Lipinski definition) is 2. The molecule has 0 radical (unpaired) electrons. The Morgan fingerprint density at radius 3 is 2.47 bits per heavy atom. The fourth-order valence-corrected chi connectivity index (χ4v) is 1.98. The zero-order valence-corrected chi connectivity index (χ0v) is 10.7. The van der Waals surface area contributed by atoms with Crippen LogP contribution >= 0.6 is 15.9 Å². The number of rotatable bonds is 3. The van der Waals surface area contributed by atoms with Gasteiger partial charge in [-0.1, -0.05) is 28.1 Å². The molecule has 6 heteroatoms. The normalized spacial score (nSPS) is 13.3. The molecule has 1 aromatic rings. The van der Waals surface area contributed by atoms with E-state index in [0.717, 1.165) is 0 Å². The third-order valence-electron chi connectivity index (χ3n) is 2.12. The molecule has 1 aromatic carbocycles. The number of ketones is 1. The fourth-order valence-electron chi connectivity index (χ4n) is 1.40. The van der Waals surface area contributed by atoms with E-state index in [1.165, 1.54) is 19.1 Å². The Hall–Kier alpha value is -1.04. The highest BCUT2D eigenvalue weighted by atomic mass is 79.9. The minimum absolute atomic E-state index is 0.206. The van der Waals surface area contributed by atoms with Crippen molar-refractivity contribution in [2.75, 3.05) is 0 Å². The molecule has 0 bridgehead atoms. The number of ether oxygens (including phenoxy) is 1. The molecular weight excluding hydrogens is 301 g/mol. The summed E-state index contributed by atoms with van der Waals surface area (Å²) in [6.07, 6.45) is -4.77. The van der Waals surface area contributed by atoms with E-state index in [9.17, 15) is 18.0 Å². The van der Waals surface area contributed by atoms with Crippen molar-refractivity contribution in [3.63, 3.8) is 0 Å². The maximum absolute atomic E-state index is 12.2. The second-order valence-corrected chi connectivity index (χ2v) is 4.42. The molecule has 1 atom stereocenters. The number of Topliss-reactive ketones (excluding diaryl/α,β-unsaturated/α-hetero) is 1. The van der Waals surface area contributed by atoms with E-state index < -0.39 is 11.2 Å². The molecule has 0 saturated heterocycles. The van der Waals surface area contributed by atoms with Gasteiger partial charge < -0.3 is 4.74 Å². The van der Waals surface area contributed by atoms with Crippen molar-refractivity contribution in [1.82, 2.24) is 0 Å². The van der Waals surface area contributed by atoms with Gasteiger partial charge >= 0.3 is 6.36 Å². The predicted octanol–water partition coefficient (Wildman–Crippen LogP) is 3.92. The summed E-state index contributed by atoms with van der Waals surface area (Å²) in [6.45, 7) is 2.92. The summed E-state index contributed by atoms with van der Waals surface area (Å²) in [6, 6.07) is 4.25. The van der Waals surface area contributed by atoms with Crippen molar-refractivity contribution in [3.05, 3.63) is 29.3 Å². The van der Waals surface area contributed by atoms with Gasteiger partial charge in [-0.15, -0.1) is 13.2 Å². The molecule has 1 unspecified atom stereocenters. The summed E-state index contributed by atoms with van der Waals surface area (Å²) >= 11 is 3.06. The van der Waals surface area contributed by atoms with Crippen LogP contribution in [0.5, 0.6) is 5.75 Å². The average molecular weight is 311 g/mol. The van der Waals surface area contributed by atoms with E-state index in [2.05, 4.69) is 20.7 Å². The molecule has 0 N–H and O–H groups in total. The minimum atomic E-state index is -4.77. The maximum atomic E-state index is 12.2. The van der Waals surface area contributed by atoms with E-state index in [0.29, 0.717) is 5.56 Å². The lowest BCUT2D eigenvalue weighted by atomic mass is 10.0. The standard InChI is InChI=1S/C11H10BrF3O2/c1-6-4-3-5-8(17-11(13,14)15)9(6)10(12)7(2)16/h3-5,10H,1-2H3. The number of carbonyl (C=O) groups is 1. The number of alkyl halides is 4. The van der Waals surface area contributed by atoms with Crippen molar-refractivity contribution in [3.8, 4) is 5.75 Å². The second-order valence-electron chi connectivity index (χ2n) is 3.51. The molecule has 0 saturated carbocycles. The van der Waals surface area contributed by atoms with Crippen molar-refractivity contribution in [2.45, 2.75) is 25.0 Å². The number of halogens is 4. The number of benzene rings is 1. The molecule has 0 heterocycles. The van der Waals surface area contributed by atoms with Crippen LogP contribution in [0.4, 0.5) is 13.2 Å². The summed E-state index contributed by atoms with van der Waals surface area (Å²) in [5, 5.41) is 0. The summed E-state index contributed by atoms with van der Waals surface area (Å²) < 4.78 is 40.5. The monoisotopic (exact) mass is 310 g/mol. The van der Waals surface area contributed by atoms with Gasteiger partial charge in [-0.3, -0.25) is 4.79 Å². The molecule has 0 aromatic heterocycles. The van der Waals surface area contributed by atoms with Crippen LogP contribution in [0.1, 0.15) is 22.9 Å². The first-order valence-corrected chi connectivity index (χ1v) is 5.63. The van der Waals surface area contributed by atoms with Gasteiger partial charge in [0, 0.05) is 5.56 Å². The summed E-state index contributed by atoms with van der Waals surface area (Å²) in [7, 11) is 0. The van der Waals surface area contributed by atoms with Gasteiger partial charge in [0.05, 0.1) is 0 Å². The van der Waals surface area contributed by atoms with Crippen LogP contribution in [0.15, 0.2) is 18.2 Å². The summed E-state index contributed by atoms with van der Waals surface area (Å²) in [4.78, 5) is 10.4. The van der Waals surface area contributed by atoms with Crippen LogP contribution in [-0.4, -0.2) is 12.1 Å². The fraction of sp³-hybridized carbons (Fsp3) is 0.364. The van der Waals surface area contributed by atoms with Crippen molar-refractivity contribution in [2.24, 2.45) is 0 Å². The molecule has 17 heavy (non-hydrogen) atoms. The highest BCUT2D eigenvalue weighted by Gasteiger charge is 2.33. The Labute approximate surface area is 105 Å². The van der Waals surface area contributed by atoms with Gasteiger partial charge in [0.2, 0.25) is 0 Å². The first-order valence-electron chi connectivity index (χ1n) is 4.72. The second kappa shape index (κ2) is 5.08. The Kier molecular flexibility index (Phi) is 4.19. The lowest BCUT2D eigenvalue weighted by molar-refractivity contribution is -0.274. The van der Waals surface area contributed by atoms with Gasteiger partial charge in [0.25, 0.3) is 0 Å².